The molecule has 0 amide bonds. The average Bonchev–Trinajstić information content (AvgIpc) is 2.58. The number of para-hydroxylation sites is 2. The van der Waals surface area contributed by atoms with Crippen LogP contribution in [0.5, 0.6) is 11.5 Å². The first kappa shape index (κ1) is 16.1. The fourth-order valence-electron chi connectivity index (χ4n) is 2.83. The van der Waals surface area contributed by atoms with Crippen molar-refractivity contribution >= 4 is 0 Å². The molecule has 0 aromatic heterocycles. The first-order valence-corrected chi connectivity index (χ1v) is 7.77. The van der Waals surface area contributed by atoms with E-state index in [0.29, 0.717) is 12.6 Å². The summed E-state index contributed by atoms with van der Waals surface area (Å²) in [4.78, 5) is 2.51. The maximum atomic E-state index is 5.90. The monoisotopic (exact) mass is 292 g/mol. The van der Waals surface area contributed by atoms with Crippen LogP contribution in [-0.4, -0.2) is 49.8 Å². The first-order valence-electron chi connectivity index (χ1n) is 7.77. The summed E-state index contributed by atoms with van der Waals surface area (Å²) in [5.74, 6) is 1.61. The fourth-order valence-corrected chi connectivity index (χ4v) is 2.83. The Balaban J connectivity index is 1.89. The van der Waals surface area contributed by atoms with Gasteiger partial charge in [0.25, 0.3) is 0 Å². The Labute approximate surface area is 128 Å². The zero-order chi connectivity index (χ0) is 15.3. The number of nitrogens with one attached hydrogen (secondary N) is 1. The van der Waals surface area contributed by atoms with Crippen molar-refractivity contribution in [2.45, 2.75) is 38.8 Å². The van der Waals surface area contributed by atoms with Crippen molar-refractivity contribution in [1.82, 2.24) is 10.2 Å². The van der Waals surface area contributed by atoms with E-state index in [0.717, 1.165) is 31.1 Å². The van der Waals surface area contributed by atoms with Crippen molar-refractivity contribution in [3.05, 3.63) is 24.3 Å². The Hall–Kier alpha value is -1.26. The molecule has 1 aliphatic rings. The van der Waals surface area contributed by atoms with Crippen LogP contribution < -0.4 is 14.8 Å². The predicted octanol–water partition coefficient (Wildman–Crippen LogP) is 2.54. The van der Waals surface area contributed by atoms with Gasteiger partial charge >= 0.3 is 0 Å². The third-order valence-corrected chi connectivity index (χ3v) is 4.09. The standard InChI is InChI=1S/C17H28N2O2/c1-14-9-10-18-17(2,3)13-19(14)11-12-21-16-8-6-5-7-15(16)20-4/h5-8,14,18H,9-13H2,1-4H3. The molecule has 0 aliphatic carbocycles. The molecule has 1 saturated heterocycles. The van der Waals surface area contributed by atoms with E-state index in [1.54, 1.807) is 7.11 Å². The summed E-state index contributed by atoms with van der Waals surface area (Å²) in [6.07, 6.45) is 1.18. The Bertz CT molecular complexity index is 448. The molecule has 1 aromatic carbocycles. The van der Waals surface area contributed by atoms with Gasteiger partial charge < -0.3 is 14.8 Å². The second-order valence-electron chi connectivity index (χ2n) is 6.42. The molecule has 118 valence electrons. The minimum atomic E-state index is 0.162. The van der Waals surface area contributed by atoms with E-state index in [4.69, 9.17) is 9.47 Å². The molecule has 1 unspecified atom stereocenters. The maximum absolute atomic E-state index is 5.90. The second-order valence-corrected chi connectivity index (χ2v) is 6.42. The molecule has 1 fully saturated rings. The predicted molar refractivity (Wildman–Crippen MR) is 86.2 cm³/mol. The minimum Gasteiger partial charge on any atom is -0.493 e. The van der Waals surface area contributed by atoms with Crippen LogP contribution >= 0.6 is 0 Å². The number of hydrogen-bond acceptors (Lipinski definition) is 4. The molecule has 0 spiro atoms. The lowest BCUT2D eigenvalue weighted by Gasteiger charge is -2.32. The van der Waals surface area contributed by atoms with Gasteiger partial charge in [-0.15, -0.1) is 0 Å². The summed E-state index contributed by atoms with van der Waals surface area (Å²) in [6, 6.07) is 8.39. The average molecular weight is 292 g/mol. The molecule has 2 rings (SSSR count). The molecule has 21 heavy (non-hydrogen) atoms. The summed E-state index contributed by atoms with van der Waals surface area (Å²) in [5, 5.41) is 3.61. The van der Waals surface area contributed by atoms with Gasteiger partial charge in [0.2, 0.25) is 0 Å². The van der Waals surface area contributed by atoms with Crippen molar-refractivity contribution in [3.63, 3.8) is 0 Å². The molecule has 1 atom stereocenters. The summed E-state index contributed by atoms with van der Waals surface area (Å²) >= 11 is 0. The van der Waals surface area contributed by atoms with Gasteiger partial charge in [0.05, 0.1) is 7.11 Å². The van der Waals surface area contributed by atoms with Gasteiger partial charge in [-0.05, 0) is 45.9 Å². The first-order chi connectivity index (χ1) is 10.0. The molecule has 1 N–H and O–H groups in total. The van der Waals surface area contributed by atoms with Crippen molar-refractivity contribution in [2.24, 2.45) is 0 Å². The zero-order valence-electron chi connectivity index (χ0n) is 13.7. The Morgan fingerprint density at radius 2 is 2.00 bits per heavy atom. The largest absolute Gasteiger partial charge is 0.493 e. The van der Waals surface area contributed by atoms with Crippen molar-refractivity contribution in [3.8, 4) is 11.5 Å². The van der Waals surface area contributed by atoms with Gasteiger partial charge in [0.1, 0.15) is 6.61 Å². The van der Waals surface area contributed by atoms with Crippen LogP contribution in [0.2, 0.25) is 0 Å². The summed E-state index contributed by atoms with van der Waals surface area (Å²) in [6.45, 7) is 10.6. The molecule has 1 heterocycles. The van der Waals surface area contributed by atoms with Crippen molar-refractivity contribution in [1.29, 1.82) is 0 Å². The van der Waals surface area contributed by atoms with Crippen LogP contribution in [0.3, 0.4) is 0 Å². The molecule has 0 radical (unpaired) electrons. The zero-order valence-corrected chi connectivity index (χ0v) is 13.7. The third kappa shape index (κ3) is 4.61. The molecule has 0 bridgehead atoms. The van der Waals surface area contributed by atoms with Crippen LogP contribution in [0.25, 0.3) is 0 Å². The van der Waals surface area contributed by atoms with E-state index in [9.17, 15) is 0 Å². The second kappa shape index (κ2) is 7.14. The number of benzene rings is 1. The van der Waals surface area contributed by atoms with Gasteiger partial charge in [-0.2, -0.15) is 0 Å². The third-order valence-electron chi connectivity index (χ3n) is 4.09. The molecular weight excluding hydrogens is 264 g/mol. The van der Waals surface area contributed by atoms with E-state index in [2.05, 4.69) is 31.0 Å². The van der Waals surface area contributed by atoms with E-state index in [1.165, 1.54) is 6.42 Å². The van der Waals surface area contributed by atoms with Gasteiger partial charge in [0.15, 0.2) is 11.5 Å². The van der Waals surface area contributed by atoms with Crippen LogP contribution in [0.1, 0.15) is 27.2 Å². The highest BCUT2D eigenvalue weighted by atomic mass is 16.5. The van der Waals surface area contributed by atoms with Gasteiger partial charge in [-0.3, -0.25) is 4.90 Å². The van der Waals surface area contributed by atoms with E-state index < -0.39 is 0 Å². The van der Waals surface area contributed by atoms with Crippen LogP contribution in [0.4, 0.5) is 0 Å². The lowest BCUT2D eigenvalue weighted by molar-refractivity contribution is 0.147. The van der Waals surface area contributed by atoms with Crippen molar-refractivity contribution < 1.29 is 9.47 Å². The Kier molecular flexibility index (Phi) is 5.48. The van der Waals surface area contributed by atoms with E-state index in [-0.39, 0.29) is 5.54 Å². The lowest BCUT2D eigenvalue weighted by Crippen LogP contribution is -2.48. The molecule has 4 nitrogen and oxygen atoms in total. The highest BCUT2D eigenvalue weighted by molar-refractivity contribution is 5.39. The molecule has 0 saturated carbocycles. The maximum Gasteiger partial charge on any atom is 0.161 e. The molecule has 1 aliphatic heterocycles. The minimum absolute atomic E-state index is 0.162. The molecular formula is C17H28N2O2. The van der Waals surface area contributed by atoms with Crippen LogP contribution in [-0.2, 0) is 0 Å². The highest BCUT2D eigenvalue weighted by Crippen LogP contribution is 2.25. The van der Waals surface area contributed by atoms with Crippen molar-refractivity contribution in [2.75, 3.05) is 33.4 Å². The Morgan fingerprint density at radius 1 is 1.29 bits per heavy atom. The van der Waals surface area contributed by atoms with Crippen LogP contribution in [0, 0.1) is 0 Å². The molecule has 1 aromatic rings. The van der Waals surface area contributed by atoms with E-state index in [1.807, 2.05) is 24.3 Å². The molecule has 4 heteroatoms. The van der Waals surface area contributed by atoms with Gasteiger partial charge in [0, 0.05) is 24.7 Å². The number of rotatable bonds is 5. The summed E-state index contributed by atoms with van der Waals surface area (Å²) < 4.78 is 11.2. The number of hydrogen-bond donors (Lipinski definition) is 1. The van der Waals surface area contributed by atoms with Gasteiger partial charge in [-0.1, -0.05) is 12.1 Å². The van der Waals surface area contributed by atoms with E-state index >= 15 is 0 Å². The smallest absolute Gasteiger partial charge is 0.161 e. The topological polar surface area (TPSA) is 33.7 Å². The number of ether oxygens (including phenoxy) is 2. The number of nitrogens with zero attached hydrogens (tertiary/aromatic N) is 1. The van der Waals surface area contributed by atoms with Crippen LogP contribution in [0.15, 0.2) is 24.3 Å². The highest BCUT2D eigenvalue weighted by Gasteiger charge is 2.27. The van der Waals surface area contributed by atoms with Gasteiger partial charge in [-0.25, -0.2) is 0 Å². The fraction of sp³-hybridized carbons (Fsp3) is 0.647. The summed E-state index contributed by atoms with van der Waals surface area (Å²) in [5.41, 5.74) is 0.162. The normalized spacial score (nSPS) is 22.6. The number of methoxy groups -OCH3 is 1. The summed E-state index contributed by atoms with van der Waals surface area (Å²) in [7, 11) is 1.67. The quantitative estimate of drug-likeness (QED) is 0.904. The lowest BCUT2D eigenvalue weighted by atomic mass is 10.1. The Morgan fingerprint density at radius 3 is 2.71 bits per heavy atom. The SMILES string of the molecule is COc1ccccc1OCCN1CC(C)(C)NCCC1C.